The predicted molar refractivity (Wildman–Crippen MR) is 153 cm³/mol. The summed E-state index contributed by atoms with van der Waals surface area (Å²) >= 11 is 1.21. The number of amidine groups is 1. The Labute approximate surface area is 236 Å². The lowest BCUT2D eigenvalue weighted by Crippen LogP contribution is -2.46. The van der Waals surface area contributed by atoms with Crippen LogP contribution in [0.2, 0.25) is 0 Å². The van der Waals surface area contributed by atoms with Crippen molar-refractivity contribution >= 4 is 46.1 Å². The molecule has 1 saturated heterocycles. The van der Waals surface area contributed by atoms with Crippen LogP contribution < -0.4 is 19.5 Å². The van der Waals surface area contributed by atoms with Gasteiger partial charge in [-0.15, -0.1) is 0 Å². The molecular weight excluding hydrogens is 534 g/mol. The third-order valence-electron chi connectivity index (χ3n) is 6.20. The minimum absolute atomic E-state index is 0.0166. The molecule has 1 fully saturated rings. The first kappa shape index (κ1) is 28.5. The van der Waals surface area contributed by atoms with Gasteiger partial charge in [0.05, 0.1) is 32.6 Å². The van der Waals surface area contributed by atoms with Crippen LogP contribution in [0.25, 0.3) is 0 Å². The molecule has 3 aromatic carbocycles. The molecule has 2 N–H and O–H groups in total. The van der Waals surface area contributed by atoms with E-state index in [2.05, 4.69) is 5.32 Å². The lowest BCUT2D eigenvalue weighted by molar-refractivity contribution is -0.129. The van der Waals surface area contributed by atoms with E-state index in [1.165, 1.54) is 36.0 Å². The van der Waals surface area contributed by atoms with Crippen molar-refractivity contribution in [2.45, 2.75) is 18.1 Å². The molecule has 40 heavy (non-hydrogen) atoms. The van der Waals surface area contributed by atoms with Gasteiger partial charge in [-0.25, -0.2) is 9.79 Å². The van der Waals surface area contributed by atoms with Crippen LogP contribution in [0.1, 0.15) is 22.3 Å². The second kappa shape index (κ2) is 13.0. The van der Waals surface area contributed by atoms with Gasteiger partial charge in [-0.3, -0.25) is 14.5 Å². The van der Waals surface area contributed by atoms with Crippen LogP contribution >= 0.6 is 11.8 Å². The van der Waals surface area contributed by atoms with E-state index in [9.17, 15) is 14.4 Å². The van der Waals surface area contributed by atoms with Gasteiger partial charge in [-0.2, -0.15) is 0 Å². The van der Waals surface area contributed by atoms with Crippen molar-refractivity contribution in [2.24, 2.45) is 4.99 Å². The molecule has 1 aliphatic heterocycles. The van der Waals surface area contributed by atoms with Crippen LogP contribution in [0, 0.1) is 0 Å². The molecule has 0 spiro atoms. The molecule has 2 amide bonds. The summed E-state index contributed by atoms with van der Waals surface area (Å²) in [5.74, 6) is 0.228. The van der Waals surface area contributed by atoms with Crippen LogP contribution in [0.4, 0.5) is 11.4 Å². The Bertz CT molecular complexity index is 1410. The number of nitrogens with zero attached hydrogens (tertiary/aromatic N) is 2. The Kier molecular flexibility index (Phi) is 9.28. The van der Waals surface area contributed by atoms with E-state index in [0.29, 0.717) is 46.8 Å². The van der Waals surface area contributed by atoms with Gasteiger partial charge in [0.1, 0.15) is 11.0 Å². The number of aromatic carboxylic acids is 1. The summed E-state index contributed by atoms with van der Waals surface area (Å²) in [7, 11) is 4.71. The number of carbonyl (C=O) groups is 3. The van der Waals surface area contributed by atoms with Gasteiger partial charge in [0.25, 0.3) is 0 Å². The molecule has 0 saturated carbocycles. The fraction of sp³-hybridized carbons (Fsp3) is 0.241. The van der Waals surface area contributed by atoms with Crippen molar-refractivity contribution in [3.8, 4) is 17.2 Å². The standard InChI is InChI=1S/C29H29N3O7S/c1-37-22-11-9-21(10-12-22)31-29-32(15-14-18-4-13-23(38-2)24(16-18)39-3)26(33)17-25(40-29)27(34)30-20-7-5-19(6-8-20)28(35)36/h4-13,16,25H,14-15,17H2,1-3H3,(H,30,34)(H,35,36). The Hall–Kier alpha value is -4.51. The van der Waals surface area contributed by atoms with E-state index in [0.717, 1.165) is 5.56 Å². The normalized spacial score (nSPS) is 16.0. The number of methoxy groups -OCH3 is 3. The van der Waals surface area contributed by atoms with Crippen molar-refractivity contribution in [1.29, 1.82) is 0 Å². The highest BCUT2D eigenvalue weighted by atomic mass is 32.2. The van der Waals surface area contributed by atoms with E-state index < -0.39 is 11.2 Å². The topological polar surface area (TPSA) is 127 Å². The number of ether oxygens (including phenoxy) is 3. The molecule has 0 aliphatic carbocycles. The number of carboxylic acids is 1. The van der Waals surface area contributed by atoms with Crippen molar-refractivity contribution in [3.05, 3.63) is 77.9 Å². The molecule has 1 atom stereocenters. The van der Waals surface area contributed by atoms with Crippen LogP contribution in [0.15, 0.2) is 71.7 Å². The third kappa shape index (κ3) is 6.92. The molecule has 208 valence electrons. The number of anilines is 1. The van der Waals surface area contributed by atoms with E-state index in [-0.39, 0.29) is 23.8 Å². The Balaban J connectivity index is 1.54. The predicted octanol–water partition coefficient (Wildman–Crippen LogP) is 4.61. The first-order valence-corrected chi connectivity index (χ1v) is 13.2. The number of thioether (sulfide) groups is 1. The van der Waals surface area contributed by atoms with Gasteiger partial charge in [0.15, 0.2) is 16.7 Å². The minimum atomic E-state index is -1.06. The molecular formula is C29H29N3O7S. The van der Waals surface area contributed by atoms with E-state index in [4.69, 9.17) is 24.3 Å². The van der Waals surface area contributed by atoms with Crippen molar-refractivity contribution in [1.82, 2.24) is 4.90 Å². The molecule has 0 radical (unpaired) electrons. The summed E-state index contributed by atoms with van der Waals surface area (Å²) in [6, 6.07) is 18.5. The summed E-state index contributed by atoms with van der Waals surface area (Å²) in [4.78, 5) is 43.9. The average Bonchev–Trinajstić information content (AvgIpc) is 2.97. The van der Waals surface area contributed by atoms with Crippen molar-refractivity contribution in [2.75, 3.05) is 33.2 Å². The van der Waals surface area contributed by atoms with E-state index >= 15 is 0 Å². The number of aliphatic imine (C=N–C) groups is 1. The van der Waals surface area contributed by atoms with Crippen LogP contribution in [0.3, 0.4) is 0 Å². The molecule has 11 heteroatoms. The van der Waals surface area contributed by atoms with E-state index in [1.54, 1.807) is 50.5 Å². The monoisotopic (exact) mass is 563 g/mol. The van der Waals surface area contributed by atoms with Gasteiger partial charge in [-0.05, 0) is 72.6 Å². The van der Waals surface area contributed by atoms with Gasteiger partial charge in [0, 0.05) is 18.7 Å². The fourth-order valence-electron chi connectivity index (χ4n) is 4.02. The Morgan fingerprint density at radius 1 is 0.975 bits per heavy atom. The summed E-state index contributed by atoms with van der Waals surface area (Å²) in [6.07, 6.45) is 0.512. The third-order valence-corrected chi connectivity index (χ3v) is 7.39. The van der Waals surface area contributed by atoms with Crippen LogP contribution in [-0.4, -0.2) is 66.1 Å². The maximum Gasteiger partial charge on any atom is 0.335 e. The number of rotatable bonds is 10. The lowest BCUT2D eigenvalue weighted by atomic mass is 10.1. The van der Waals surface area contributed by atoms with Gasteiger partial charge < -0.3 is 24.6 Å². The first-order chi connectivity index (χ1) is 19.3. The zero-order valence-corrected chi connectivity index (χ0v) is 23.1. The second-order valence-corrected chi connectivity index (χ2v) is 9.93. The van der Waals surface area contributed by atoms with Gasteiger partial charge in [0.2, 0.25) is 11.8 Å². The maximum atomic E-state index is 13.3. The molecule has 3 aromatic rings. The lowest BCUT2D eigenvalue weighted by Gasteiger charge is -2.32. The van der Waals surface area contributed by atoms with Crippen molar-refractivity contribution < 1.29 is 33.7 Å². The van der Waals surface area contributed by atoms with Gasteiger partial charge >= 0.3 is 5.97 Å². The number of nitrogens with one attached hydrogen (secondary N) is 1. The first-order valence-electron chi connectivity index (χ1n) is 12.4. The van der Waals surface area contributed by atoms with Crippen LogP contribution in [0.5, 0.6) is 17.2 Å². The Morgan fingerprint density at radius 2 is 1.68 bits per heavy atom. The molecule has 4 rings (SSSR count). The van der Waals surface area contributed by atoms with Crippen LogP contribution in [-0.2, 0) is 16.0 Å². The zero-order chi connectivity index (χ0) is 28.6. The maximum absolute atomic E-state index is 13.3. The highest BCUT2D eigenvalue weighted by molar-refractivity contribution is 8.15. The van der Waals surface area contributed by atoms with Gasteiger partial charge in [-0.1, -0.05) is 17.8 Å². The molecule has 10 nitrogen and oxygen atoms in total. The van der Waals surface area contributed by atoms with Crippen molar-refractivity contribution in [3.63, 3.8) is 0 Å². The fourth-order valence-corrected chi connectivity index (χ4v) is 5.15. The Morgan fingerprint density at radius 3 is 2.30 bits per heavy atom. The molecule has 1 aliphatic rings. The molecule has 1 heterocycles. The molecule has 1 unspecified atom stereocenters. The quantitative estimate of drug-likeness (QED) is 0.366. The highest BCUT2D eigenvalue weighted by Crippen LogP contribution is 2.32. The number of hydrogen-bond acceptors (Lipinski definition) is 8. The summed E-state index contributed by atoms with van der Waals surface area (Å²) in [6.45, 7) is 0.349. The molecule has 0 bridgehead atoms. The number of hydrogen-bond donors (Lipinski definition) is 2. The number of carbonyl (C=O) groups excluding carboxylic acids is 2. The number of benzene rings is 3. The SMILES string of the molecule is COc1ccc(N=C2SC(C(=O)Nc3ccc(C(=O)O)cc3)CC(=O)N2CCc2ccc(OC)c(OC)c2)cc1. The zero-order valence-electron chi connectivity index (χ0n) is 22.2. The largest absolute Gasteiger partial charge is 0.497 e. The second-order valence-electron chi connectivity index (χ2n) is 8.76. The molecule has 0 aromatic heterocycles. The minimum Gasteiger partial charge on any atom is -0.497 e. The van der Waals surface area contributed by atoms with E-state index in [1.807, 2.05) is 18.2 Å². The summed E-state index contributed by atoms with van der Waals surface area (Å²) in [5.41, 5.74) is 2.10. The highest BCUT2D eigenvalue weighted by Gasteiger charge is 2.36. The summed E-state index contributed by atoms with van der Waals surface area (Å²) < 4.78 is 15.9. The average molecular weight is 564 g/mol. The number of carboxylic acid groups (broad SMARTS) is 1. The summed E-state index contributed by atoms with van der Waals surface area (Å²) in [5, 5.41) is 11.6. The smallest absolute Gasteiger partial charge is 0.335 e. The number of amides is 2.